The van der Waals surface area contributed by atoms with Gasteiger partial charge < -0.3 is 4.90 Å². The van der Waals surface area contributed by atoms with Crippen molar-refractivity contribution in [3.8, 4) is 44.9 Å². The maximum absolute atomic E-state index is 5.60. The van der Waals surface area contributed by atoms with E-state index in [4.69, 9.17) is 9.97 Å². The Labute approximate surface area is 320 Å². The van der Waals surface area contributed by atoms with E-state index in [9.17, 15) is 0 Å². The zero-order valence-electron chi connectivity index (χ0n) is 30.0. The van der Waals surface area contributed by atoms with Gasteiger partial charge in [0.05, 0.1) is 22.6 Å². The summed E-state index contributed by atoms with van der Waals surface area (Å²) in [5.74, 6) is 0. The van der Waals surface area contributed by atoms with Crippen molar-refractivity contribution < 1.29 is 0 Å². The fourth-order valence-electron chi connectivity index (χ4n) is 7.82. The lowest BCUT2D eigenvalue weighted by Gasteiger charge is -2.25. The molecule has 0 aliphatic rings. The Kier molecular flexibility index (Phi) is 8.16. The summed E-state index contributed by atoms with van der Waals surface area (Å²) in [4.78, 5) is 13.2. The molecule has 258 valence electrons. The Morgan fingerprint density at radius 1 is 0.327 bits per heavy atom. The van der Waals surface area contributed by atoms with E-state index >= 15 is 0 Å². The molecule has 10 rings (SSSR count). The van der Waals surface area contributed by atoms with E-state index in [1.54, 1.807) is 0 Å². The molecule has 0 aliphatic carbocycles. The van der Waals surface area contributed by atoms with Crippen LogP contribution in [0.5, 0.6) is 0 Å². The van der Waals surface area contributed by atoms with E-state index in [1.807, 2.05) is 6.07 Å². The maximum Gasteiger partial charge on any atom is 0.0810 e. The molecule has 0 saturated heterocycles. The van der Waals surface area contributed by atoms with Crippen LogP contribution in [0, 0.1) is 0 Å². The van der Waals surface area contributed by atoms with Gasteiger partial charge in [0.25, 0.3) is 0 Å². The number of benzene rings is 8. The van der Waals surface area contributed by atoms with Gasteiger partial charge in [0.15, 0.2) is 0 Å². The molecular formula is C52H35N3. The molecule has 3 heteroatoms. The van der Waals surface area contributed by atoms with Crippen LogP contribution in [0.1, 0.15) is 0 Å². The summed E-state index contributed by atoms with van der Waals surface area (Å²) in [6.07, 6.45) is 0. The Morgan fingerprint density at radius 3 is 1.58 bits per heavy atom. The minimum Gasteiger partial charge on any atom is -0.311 e. The van der Waals surface area contributed by atoms with Crippen LogP contribution < -0.4 is 4.90 Å². The van der Waals surface area contributed by atoms with Crippen LogP contribution in [0.15, 0.2) is 212 Å². The number of pyridine rings is 2. The molecule has 0 spiro atoms. The van der Waals surface area contributed by atoms with E-state index in [2.05, 4.69) is 211 Å². The number of fused-ring (bicyclic) bond motifs is 5. The van der Waals surface area contributed by atoms with Crippen molar-refractivity contribution in [3.63, 3.8) is 0 Å². The van der Waals surface area contributed by atoms with Crippen LogP contribution in [0.25, 0.3) is 77.3 Å². The van der Waals surface area contributed by atoms with Gasteiger partial charge in [-0.25, -0.2) is 9.97 Å². The predicted molar refractivity (Wildman–Crippen MR) is 231 cm³/mol. The number of para-hydroxylation sites is 3. The van der Waals surface area contributed by atoms with Gasteiger partial charge in [-0.2, -0.15) is 0 Å². The van der Waals surface area contributed by atoms with Gasteiger partial charge in [0, 0.05) is 49.9 Å². The second-order valence-electron chi connectivity index (χ2n) is 13.8. The maximum atomic E-state index is 5.60. The highest BCUT2D eigenvalue weighted by Crippen LogP contribution is 2.42. The first-order valence-electron chi connectivity index (χ1n) is 18.7. The lowest BCUT2D eigenvalue weighted by atomic mass is 9.93. The van der Waals surface area contributed by atoms with Crippen molar-refractivity contribution >= 4 is 49.5 Å². The molecule has 8 aromatic carbocycles. The van der Waals surface area contributed by atoms with E-state index < -0.39 is 0 Å². The van der Waals surface area contributed by atoms with Crippen LogP contribution in [0.3, 0.4) is 0 Å². The summed E-state index contributed by atoms with van der Waals surface area (Å²) >= 11 is 0. The smallest absolute Gasteiger partial charge is 0.0810 e. The highest BCUT2D eigenvalue weighted by Gasteiger charge is 2.19. The molecule has 0 unspecified atom stereocenters. The molecule has 0 bridgehead atoms. The number of anilines is 3. The molecule has 0 atom stereocenters. The Hall–Kier alpha value is -7.36. The van der Waals surface area contributed by atoms with Gasteiger partial charge in [0.1, 0.15) is 0 Å². The SMILES string of the molecule is c1ccc(-c2cc(-c3ccccc3)nc(-c3cccc4c3nc(-c3ccc(N(c5ccccc5)c5ccccc5)cc3)c3ccc5ccccc5c34)c2)cc1. The molecule has 10 aromatic rings. The monoisotopic (exact) mass is 701 g/mol. The van der Waals surface area contributed by atoms with Gasteiger partial charge >= 0.3 is 0 Å². The van der Waals surface area contributed by atoms with Gasteiger partial charge in [0.2, 0.25) is 0 Å². The summed E-state index contributed by atoms with van der Waals surface area (Å²) in [6.45, 7) is 0. The van der Waals surface area contributed by atoms with Crippen molar-refractivity contribution in [2.24, 2.45) is 0 Å². The van der Waals surface area contributed by atoms with E-state index in [0.717, 1.165) is 78.3 Å². The molecule has 2 aromatic heterocycles. The molecule has 0 amide bonds. The van der Waals surface area contributed by atoms with E-state index in [0.29, 0.717) is 0 Å². The number of hydrogen-bond donors (Lipinski definition) is 0. The van der Waals surface area contributed by atoms with Gasteiger partial charge in [-0.05, 0) is 70.4 Å². The Morgan fingerprint density at radius 2 is 0.891 bits per heavy atom. The third kappa shape index (κ3) is 5.98. The molecular weight excluding hydrogens is 667 g/mol. The lowest BCUT2D eigenvalue weighted by molar-refractivity contribution is 1.28. The minimum atomic E-state index is 0.889. The minimum absolute atomic E-state index is 0.889. The normalized spacial score (nSPS) is 11.3. The van der Waals surface area contributed by atoms with Crippen LogP contribution in [-0.4, -0.2) is 9.97 Å². The molecule has 0 fully saturated rings. The van der Waals surface area contributed by atoms with Crippen LogP contribution in [0.2, 0.25) is 0 Å². The molecule has 2 heterocycles. The number of hydrogen-bond acceptors (Lipinski definition) is 3. The molecule has 55 heavy (non-hydrogen) atoms. The summed E-state index contributed by atoms with van der Waals surface area (Å²) < 4.78 is 0. The molecule has 3 nitrogen and oxygen atoms in total. The quantitative estimate of drug-likeness (QED) is 0.155. The van der Waals surface area contributed by atoms with Crippen LogP contribution >= 0.6 is 0 Å². The lowest BCUT2D eigenvalue weighted by Crippen LogP contribution is -2.09. The third-order valence-electron chi connectivity index (χ3n) is 10.4. The Balaban J connectivity index is 1.21. The molecule has 0 N–H and O–H groups in total. The molecule has 0 saturated carbocycles. The van der Waals surface area contributed by atoms with Crippen LogP contribution in [-0.2, 0) is 0 Å². The van der Waals surface area contributed by atoms with Crippen molar-refractivity contribution in [2.45, 2.75) is 0 Å². The second-order valence-corrected chi connectivity index (χ2v) is 13.8. The Bertz CT molecular complexity index is 2850. The fourth-order valence-corrected chi connectivity index (χ4v) is 7.82. The topological polar surface area (TPSA) is 29.0 Å². The number of aromatic nitrogens is 2. The third-order valence-corrected chi connectivity index (χ3v) is 10.4. The number of rotatable bonds is 7. The van der Waals surface area contributed by atoms with E-state index in [1.165, 1.54) is 16.2 Å². The first-order valence-corrected chi connectivity index (χ1v) is 18.7. The molecule has 0 aliphatic heterocycles. The average molecular weight is 702 g/mol. The van der Waals surface area contributed by atoms with Gasteiger partial charge in [-0.15, -0.1) is 0 Å². The van der Waals surface area contributed by atoms with E-state index in [-0.39, 0.29) is 0 Å². The van der Waals surface area contributed by atoms with Crippen molar-refractivity contribution in [3.05, 3.63) is 212 Å². The van der Waals surface area contributed by atoms with Crippen molar-refractivity contribution in [1.82, 2.24) is 9.97 Å². The average Bonchev–Trinajstić information content (AvgIpc) is 3.27. The highest BCUT2D eigenvalue weighted by atomic mass is 15.1. The van der Waals surface area contributed by atoms with Gasteiger partial charge in [-0.3, -0.25) is 0 Å². The zero-order valence-corrected chi connectivity index (χ0v) is 30.0. The fraction of sp³-hybridized carbons (Fsp3) is 0. The predicted octanol–water partition coefficient (Wildman–Crippen LogP) is 14.1. The van der Waals surface area contributed by atoms with Crippen molar-refractivity contribution in [2.75, 3.05) is 4.90 Å². The zero-order chi connectivity index (χ0) is 36.6. The largest absolute Gasteiger partial charge is 0.311 e. The summed E-state index contributed by atoms with van der Waals surface area (Å²) in [5, 5.41) is 5.83. The van der Waals surface area contributed by atoms with Gasteiger partial charge in [-0.1, -0.05) is 164 Å². The first kappa shape index (κ1) is 32.3. The standard InChI is InChI=1S/C52H35N3/c1-5-16-36(17-6-1)40-34-48(38-19-7-2-8-20-38)53-49(35-40)45-26-15-27-46-50-44-25-14-13-18-37(44)30-33-47(50)51(54-52(45)46)39-28-31-43(32-29-39)55(41-21-9-3-10-22-41)42-23-11-4-12-24-42/h1-35H. The first-order chi connectivity index (χ1) is 27.3. The molecule has 0 radical (unpaired) electrons. The summed E-state index contributed by atoms with van der Waals surface area (Å²) in [5.41, 5.74) is 12.4. The summed E-state index contributed by atoms with van der Waals surface area (Å²) in [7, 11) is 0. The van der Waals surface area contributed by atoms with Crippen LogP contribution in [0.4, 0.5) is 17.1 Å². The number of nitrogens with zero attached hydrogens (tertiary/aromatic N) is 3. The highest BCUT2D eigenvalue weighted by molar-refractivity contribution is 6.23. The summed E-state index contributed by atoms with van der Waals surface area (Å²) in [6, 6.07) is 74.9. The van der Waals surface area contributed by atoms with Crippen molar-refractivity contribution in [1.29, 1.82) is 0 Å². The second kappa shape index (κ2) is 13.9.